The quantitative estimate of drug-likeness (QED) is 0.220. The monoisotopic (exact) mass is 406 g/mol. The normalized spacial score (nSPS) is 16.8. The highest BCUT2D eigenvalue weighted by molar-refractivity contribution is 7.85. The molecule has 1 fully saturated rings. The molecular formula is C21H42O5S. The van der Waals surface area contributed by atoms with E-state index in [4.69, 9.17) is 13.7 Å². The van der Waals surface area contributed by atoms with E-state index in [1.165, 1.54) is 57.8 Å². The molecule has 1 aliphatic rings. The van der Waals surface area contributed by atoms with Crippen molar-refractivity contribution in [3.05, 3.63) is 0 Å². The Morgan fingerprint density at radius 2 is 1.19 bits per heavy atom. The molecule has 0 aliphatic carbocycles. The summed E-state index contributed by atoms with van der Waals surface area (Å²) in [5, 5.41) is 0. The number of rotatable bonds is 18. The van der Waals surface area contributed by atoms with Crippen molar-refractivity contribution in [2.24, 2.45) is 0 Å². The molecule has 0 N–H and O–H groups in total. The van der Waals surface area contributed by atoms with Gasteiger partial charge < -0.3 is 9.47 Å². The first-order valence-corrected chi connectivity index (χ1v) is 12.9. The van der Waals surface area contributed by atoms with E-state index in [0.717, 1.165) is 44.8 Å². The van der Waals surface area contributed by atoms with Gasteiger partial charge in [0.15, 0.2) is 5.79 Å². The van der Waals surface area contributed by atoms with E-state index in [2.05, 4.69) is 6.92 Å². The molecule has 0 saturated carbocycles. The van der Waals surface area contributed by atoms with Crippen molar-refractivity contribution in [3.63, 3.8) is 0 Å². The second-order valence-electron chi connectivity index (χ2n) is 7.88. The van der Waals surface area contributed by atoms with Crippen molar-refractivity contribution in [1.29, 1.82) is 0 Å². The van der Waals surface area contributed by atoms with Crippen LogP contribution in [0.15, 0.2) is 0 Å². The Kier molecular flexibility index (Phi) is 13.6. The maximum absolute atomic E-state index is 10.9. The molecule has 1 heterocycles. The summed E-state index contributed by atoms with van der Waals surface area (Å²) in [6.45, 7) is 3.96. The minimum Gasteiger partial charge on any atom is -0.348 e. The van der Waals surface area contributed by atoms with Crippen molar-refractivity contribution < 1.29 is 22.1 Å². The van der Waals surface area contributed by atoms with E-state index < -0.39 is 10.1 Å². The molecule has 5 nitrogen and oxygen atoms in total. The molecular weight excluding hydrogens is 364 g/mol. The van der Waals surface area contributed by atoms with Gasteiger partial charge in [-0.05, 0) is 19.3 Å². The van der Waals surface area contributed by atoms with Gasteiger partial charge in [0, 0.05) is 12.8 Å². The van der Waals surface area contributed by atoms with Crippen LogP contribution in [0.1, 0.15) is 103 Å². The Morgan fingerprint density at radius 1 is 0.741 bits per heavy atom. The number of ether oxygens (including phenoxy) is 2. The Labute approximate surface area is 167 Å². The zero-order valence-corrected chi connectivity index (χ0v) is 18.5. The second-order valence-corrected chi connectivity index (χ2v) is 9.52. The lowest BCUT2D eigenvalue weighted by Crippen LogP contribution is -2.30. The molecule has 1 saturated heterocycles. The molecule has 0 aromatic heterocycles. The van der Waals surface area contributed by atoms with Crippen LogP contribution < -0.4 is 0 Å². The van der Waals surface area contributed by atoms with Crippen LogP contribution >= 0.6 is 0 Å². The summed E-state index contributed by atoms with van der Waals surface area (Å²) >= 11 is 0. The highest BCUT2D eigenvalue weighted by Gasteiger charge is 2.35. The number of hydrogen-bond acceptors (Lipinski definition) is 5. The van der Waals surface area contributed by atoms with Gasteiger partial charge in [-0.15, -0.1) is 0 Å². The average Bonchev–Trinajstić information content (AvgIpc) is 3.07. The van der Waals surface area contributed by atoms with Crippen LogP contribution in [-0.4, -0.2) is 40.3 Å². The third-order valence-electron chi connectivity index (χ3n) is 5.22. The van der Waals surface area contributed by atoms with Crippen molar-refractivity contribution >= 4 is 10.1 Å². The van der Waals surface area contributed by atoms with Crippen LogP contribution in [0.2, 0.25) is 0 Å². The fourth-order valence-corrected chi connectivity index (χ4v) is 4.10. The predicted octanol–water partition coefficient (Wildman–Crippen LogP) is 5.58. The largest absolute Gasteiger partial charge is 0.348 e. The van der Waals surface area contributed by atoms with Gasteiger partial charge in [-0.3, -0.25) is 4.18 Å². The first kappa shape index (κ1) is 24.9. The summed E-state index contributed by atoms with van der Waals surface area (Å²) in [4.78, 5) is 0. The Hall–Kier alpha value is -0.170. The van der Waals surface area contributed by atoms with Gasteiger partial charge in [-0.1, -0.05) is 71.1 Å². The molecule has 6 heteroatoms. The van der Waals surface area contributed by atoms with E-state index in [-0.39, 0.29) is 12.4 Å². The van der Waals surface area contributed by atoms with Crippen LogP contribution in [0.5, 0.6) is 0 Å². The van der Waals surface area contributed by atoms with Crippen LogP contribution in [-0.2, 0) is 23.8 Å². The third kappa shape index (κ3) is 13.6. The van der Waals surface area contributed by atoms with Gasteiger partial charge in [0.05, 0.1) is 26.1 Å². The Bertz CT molecular complexity index is 443. The Balaban J connectivity index is 2.04. The second kappa shape index (κ2) is 14.8. The fraction of sp³-hybridized carbons (Fsp3) is 1.00. The summed E-state index contributed by atoms with van der Waals surface area (Å²) in [5.41, 5.74) is 0. The van der Waals surface area contributed by atoms with Crippen LogP contribution in [0.25, 0.3) is 0 Å². The van der Waals surface area contributed by atoms with Gasteiger partial charge in [-0.2, -0.15) is 8.42 Å². The lowest BCUT2D eigenvalue weighted by Gasteiger charge is -2.27. The van der Waals surface area contributed by atoms with E-state index in [0.29, 0.717) is 13.2 Å². The molecule has 1 rings (SSSR count). The molecule has 0 atom stereocenters. The Morgan fingerprint density at radius 3 is 1.67 bits per heavy atom. The highest BCUT2D eigenvalue weighted by Crippen LogP contribution is 2.31. The van der Waals surface area contributed by atoms with E-state index in [1.807, 2.05) is 0 Å². The molecule has 27 heavy (non-hydrogen) atoms. The first-order valence-electron chi connectivity index (χ1n) is 11.1. The van der Waals surface area contributed by atoms with E-state index >= 15 is 0 Å². The smallest absolute Gasteiger partial charge is 0.264 e. The van der Waals surface area contributed by atoms with Crippen LogP contribution in [0.3, 0.4) is 0 Å². The highest BCUT2D eigenvalue weighted by atomic mass is 32.2. The summed E-state index contributed by atoms with van der Waals surface area (Å²) < 4.78 is 38.5. The average molecular weight is 407 g/mol. The maximum Gasteiger partial charge on any atom is 0.264 e. The lowest BCUT2D eigenvalue weighted by atomic mass is 9.99. The van der Waals surface area contributed by atoms with E-state index in [1.54, 1.807) is 0 Å². The van der Waals surface area contributed by atoms with Crippen molar-refractivity contribution in [3.8, 4) is 0 Å². The lowest BCUT2D eigenvalue weighted by molar-refractivity contribution is -0.168. The molecule has 0 amide bonds. The third-order valence-corrected chi connectivity index (χ3v) is 5.82. The van der Waals surface area contributed by atoms with Crippen LogP contribution in [0.4, 0.5) is 0 Å². The number of unbranched alkanes of at least 4 members (excludes halogenated alkanes) is 11. The van der Waals surface area contributed by atoms with Crippen LogP contribution in [0, 0.1) is 0 Å². The molecule has 0 bridgehead atoms. The van der Waals surface area contributed by atoms with Crippen molar-refractivity contribution in [1.82, 2.24) is 0 Å². The molecule has 1 aliphatic heterocycles. The number of hydrogen-bond donors (Lipinski definition) is 0. The molecule has 0 aromatic rings. The topological polar surface area (TPSA) is 61.8 Å². The first-order chi connectivity index (χ1) is 13.0. The SMILES string of the molecule is CCCCCCCCCCCC1(CCCCCCOS(C)(=O)=O)OCCO1. The summed E-state index contributed by atoms with van der Waals surface area (Å²) in [6, 6.07) is 0. The molecule has 0 aromatic carbocycles. The minimum absolute atomic E-state index is 0.287. The van der Waals surface area contributed by atoms with Gasteiger partial charge in [0.1, 0.15) is 0 Å². The molecule has 0 unspecified atom stereocenters. The van der Waals surface area contributed by atoms with Gasteiger partial charge in [-0.25, -0.2) is 0 Å². The van der Waals surface area contributed by atoms with Crippen molar-refractivity contribution in [2.45, 2.75) is 109 Å². The fourth-order valence-electron chi connectivity index (χ4n) is 3.68. The molecule has 0 spiro atoms. The molecule has 0 radical (unpaired) electrons. The van der Waals surface area contributed by atoms with Gasteiger partial charge in [0.25, 0.3) is 10.1 Å². The zero-order valence-electron chi connectivity index (χ0n) is 17.7. The summed E-state index contributed by atoms with van der Waals surface area (Å²) in [7, 11) is -3.30. The molecule has 162 valence electrons. The van der Waals surface area contributed by atoms with Gasteiger partial charge in [0.2, 0.25) is 0 Å². The summed E-state index contributed by atoms with van der Waals surface area (Å²) in [5.74, 6) is -0.357. The predicted molar refractivity (Wildman–Crippen MR) is 110 cm³/mol. The van der Waals surface area contributed by atoms with E-state index in [9.17, 15) is 8.42 Å². The maximum atomic E-state index is 10.9. The minimum atomic E-state index is -3.30. The van der Waals surface area contributed by atoms with Gasteiger partial charge >= 0.3 is 0 Å². The van der Waals surface area contributed by atoms with Crippen molar-refractivity contribution in [2.75, 3.05) is 26.1 Å². The standard InChI is InChI=1S/C21H42O5S/c1-3-4-5-6-7-8-9-10-13-16-21(24-19-20-25-21)17-14-11-12-15-18-26-27(2,22)23/h3-20H2,1-2H3. The zero-order chi connectivity index (χ0) is 19.8. The summed E-state index contributed by atoms with van der Waals surface area (Å²) in [6.07, 6.45) is 18.9.